The lowest BCUT2D eigenvalue weighted by Gasteiger charge is -2.17. The number of carbonyl (C=O) groups excluding carboxylic acids is 3. The predicted octanol–water partition coefficient (Wildman–Crippen LogP) is 4.13. The number of esters is 1. The summed E-state index contributed by atoms with van der Waals surface area (Å²) in [7, 11) is 0. The molecule has 0 bridgehead atoms. The third-order valence-corrected chi connectivity index (χ3v) is 6.51. The molecule has 4 rings (SSSR count). The highest BCUT2D eigenvalue weighted by Gasteiger charge is 2.36. The molecule has 1 aromatic heterocycles. The van der Waals surface area contributed by atoms with Crippen molar-refractivity contribution >= 4 is 40.5 Å². The van der Waals surface area contributed by atoms with Gasteiger partial charge in [-0.3, -0.25) is 14.4 Å². The fraction of sp³-hybridized carbons (Fsp3) is 0.308. The van der Waals surface area contributed by atoms with Crippen molar-refractivity contribution < 1.29 is 23.9 Å². The van der Waals surface area contributed by atoms with Crippen LogP contribution in [0.3, 0.4) is 0 Å². The number of hydrogen-bond donors (Lipinski definition) is 1. The minimum Gasteiger partial charge on any atom is -0.494 e. The molecule has 0 radical (unpaired) electrons. The van der Waals surface area contributed by atoms with Crippen LogP contribution in [0, 0.1) is 12.8 Å². The molecule has 2 amide bonds. The fourth-order valence-corrected chi connectivity index (χ4v) is 4.59. The summed E-state index contributed by atoms with van der Waals surface area (Å²) in [4.78, 5) is 43.4. The first-order valence-corrected chi connectivity index (χ1v) is 12.3. The van der Waals surface area contributed by atoms with Crippen LogP contribution >= 0.6 is 11.3 Å². The lowest BCUT2D eigenvalue weighted by Crippen LogP contribution is -2.26. The van der Waals surface area contributed by atoms with Crippen molar-refractivity contribution in [3.05, 3.63) is 70.2 Å². The van der Waals surface area contributed by atoms with Gasteiger partial charge < -0.3 is 19.7 Å². The SMILES string of the molecule is CCOc1ccc(N2CC(C(=O)OCc3csc(CC(=O)Nc4ccccc4C)n3)CC2=O)cc1. The molecule has 1 unspecified atom stereocenters. The minimum atomic E-state index is -0.535. The summed E-state index contributed by atoms with van der Waals surface area (Å²) in [5.74, 6) is -0.511. The van der Waals surface area contributed by atoms with Gasteiger partial charge in [0.05, 0.1) is 24.6 Å². The highest BCUT2D eigenvalue weighted by atomic mass is 32.1. The molecule has 1 fully saturated rings. The molecule has 0 aliphatic carbocycles. The van der Waals surface area contributed by atoms with Gasteiger partial charge in [0.15, 0.2) is 0 Å². The first-order valence-electron chi connectivity index (χ1n) is 11.4. The molecule has 0 spiro atoms. The van der Waals surface area contributed by atoms with Crippen molar-refractivity contribution in [3.63, 3.8) is 0 Å². The summed E-state index contributed by atoms with van der Waals surface area (Å²) < 4.78 is 10.9. The molecule has 1 aliphatic rings. The Bertz CT molecular complexity index is 1210. The van der Waals surface area contributed by atoms with E-state index in [2.05, 4.69) is 10.3 Å². The Kier molecular flexibility index (Phi) is 7.77. The Labute approximate surface area is 207 Å². The van der Waals surface area contributed by atoms with E-state index in [-0.39, 0.29) is 37.8 Å². The predicted molar refractivity (Wildman–Crippen MR) is 133 cm³/mol. The monoisotopic (exact) mass is 493 g/mol. The van der Waals surface area contributed by atoms with Crippen LogP contribution in [-0.2, 0) is 32.1 Å². The quantitative estimate of drug-likeness (QED) is 0.450. The van der Waals surface area contributed by atoms with Gasteiger partial charge in [0, 0.05) is 29.7 Å². The third-order valence-electron chi connectivity index (χ3n) is 5.61. The average molecular weight is 494 g/mol. The van der Waals surface area contributed by atoms with E-state index in [1.165, 1.54) is 11.3 Å². The van der Waals surface area contributed by atoms with Crippen LogP contribution in [0.5, 0.6) is 5.75 Å². The number of carbonyl (C=O) groups is 3. The second-order valence-electron chi connectivity index (χ2n) is 8.21. The molecule has 182 valence electrons. The first kappa shape index (κ1) is 24.4. The Morgan fingerprint density at radius 2 is 1.94 bits per heavy atom. The number of aromatic nitrogens is 1. The van der Waals surface area contributed by atoms with Crippen molar-refractivity contribution in [2.24, 2.45) is 5.92 Å². The van der Waals surface area contributed by atoms with E-state index in [1.807, 2.05) is 50.2 Å². The van der Waals surface area contributed by atoms with E-state index in [9.17, 15) is 14.4 Å². The highest BCUT2D eigenvalue weighted by Crippen LogP contribution is 2.28. The van der Waals surface area contributed by atoms with E-state index in [1.54, 1.807) is 22.4 Å². The van der Waals surface area contributed by atoms with Crippen LogP contribution < -0.4 is 15.0 Å². The normalized spacial score (nSPS) is 15.2. The molecule has 2 aromatic carbocycles. The summed E-state index contributed by atoms with van der Waals surface area (Å²) in [6.45, 7) is 4.68. The van der Waals surface area contributed by atoms with Crippen molar-refractivity contribution in [1.82, 2.24) is 4.98 Å². The zero-order chi connectivity index (χ0) is 24.8. The smallest absolute Gasteiger partial charge is 0.311 e. The van der Waals surface area contributed by atoms with E-state index < -0.39 is 11.9 Å². The van der Waals surface area contributed by atoms with Crippen LogP contribution in [0.15, 0.2) is 53.9 Å². The minimum absolute atomic E-state index is 0.00247. The Morgan fingerprint density at radius 1 is 1.17 bits per heavy atom. The van der Waals surface area contributed by atoms with Gasteiger partial charge in [-0.05, 0) is 49.7 Å². The largest absolute Gasteiger partial charge is 0.494 e. The molecule has 35 heavy (non-hydrogen) atoms. The zero-order valence-electron chi connectivity index (χ0n) is 19.7. The zero-order valence-corrected chi connectivity index (χ0v) is 20.5. The van der Waals surface area contributed by atoms with Crippen molar-refractivity contribution in [3.8, 4) is 5.75 Å². The number of benzene rings is 2. The number of para-hydroxylation sites is 1. The second kappa shape index (κ2) is 11.1. The number of thiazole rings is 1. The highest BCUT2D eigenvalue weighted by molar-refractivity contribution is 7.09. The van der Waals surface area contributed by atoms with Gasteiger partial charge in [-0.1, -0.05) is 18.2 Å². The second-order valence-corrected chi connectivity index (χ2v) is 9.16. The first-order chi connectivity index (χ1) is 16.9. The maximum Gasteiger partial charge on any atom is 0.311 e. The molecule has 8 nitrogen and oxygen atoms in total. The number of anilines is 2. The number of ether oxygens (including phenoxy) is 2. The molecule has 1 aliphatic heterocycles. The maximum absolute atomic E-state index is 12.6. The van der Waals surface area contributed by atoms with Gasteiger partial charge >= 0.3 is 5.97 Å². The van der Waals surface area contributed by atoms with Gasteiger partial charge in [-0.25, -0.2) is 4.98 Å². The van der Waals surface area contributed by atoms with E-state index >= 15 is 0 Å². The summed E-state index contributed by atoms with van der Waals surface area (Å²) in [5, 5.41) is 5.30. The van der Waals surface area contributed by atoms with E-state index in [0.717, 1.165) is 22.7 Å². The van der Waals surface area contributed by atoms with E-state index in [0.29, 0.717) is 17.3 Å². The van der Waals surface area contributed by atoms with Crippen LogP contribution in [0.2, 0.25) is 0 Å². The Hall–Kier alpha value is -3.72. The standard InChI is InChI=1S/C26H27N3O5S/c1-3-33-21-10-8-20(9-11-21)29-14-18(12-25(29)31)26(32)34-15-19-16-35-24(27-19)13-23(30)28-22-7-5-4-6-17(22)2/h4-11,16,18H,3,12-15H2,1-2H3,(H,28,30). The fourth-order valence-electron chi connectivity index (χ4n) is 3.81. The summed E-state index contributed by atoms with van der Waals surface area (Å²) in [6.07, 6.45) is 0.245. The van der Waals surface area contributed by atoms with Gasteiger partial charge in [-0.15, -0.1) is 11.3 Å². The molecule has 9 heteroatoms. The van der Waals surface area contributed by atoms with Crippen LogP contribution in [0.25, 0.3) is 0 Å². The lowest BCUT2D eigenvalue weighted by atomic mass is 10.1. The lowest BCUT2D eigenvalue weighted by molar-refractivity contribution is -0.149. The molecule has 1 saturated heterocycles. The third kappa shape index (κ3) is 6.24. The Balaban J connectivity index is 1.26. The number of hydrogen-bond acceptors (Lipinski definition) is 7. The van der Waals surface area contributed by atoms with Gasteiger partial charge in [0.2, 0.25) is 11.8 Å². The molecule has 3 aromatic rings. The van der Waals surface area contributed by atoms with Crippen LogP contribution in [0.1, 0.15) is 29.6 Å². The molecular formula is C26H27N3O5S. The van der Waals surface area contributed by atoms with Crippen molar-refractivity contribution in [1.29, 1.82) is 0 Å². The van der Waals surface area contributed by atoms with Gasteiger partial charge in [0.25, 0.3) is 0 Å². The van der Waals surface area contributed by atoms with Crippen molar-refractivity contribution in [2.75, 3.05) is 23.4 Å². The average Bonchev–Trinajstić information content (AvgIpc) is 3.46. The number of rotatable bonds is 9. The summed E-state index contributed by atoms with van der Waals surface area (Å²) in [5.41, 5.74) is 3.06. The van der Waals surface area contributed by atoms with Crippen LogP contribution in [0.4, 0.5) is 11.4 Å². The topological polar surface area (TPSA) is 97.8 Å². The molecule has 2 heterocycles. The number of nitrogens with zero attached hydrogens (tertiary/aromatic N) is 2. The molecule has 1 atom stereocenters. The Morgan fingerprint density at radius 3 is 2.69 bits per heavy atom. The number of aryl methyl sites for hydroxylation is 1. The van der Waals surface area contributed by atoms with Crippen LogP contribution in [-0.4, -0.2) is 35.9 Å². The molecule has 0 saturated carbocycles. The number of amides is 2. The summed E-state index contributed by atoms with van der Waals surface area (Å²) >= 11 is 1.34. The maximum atomic E-state index is 12.6. The number of nitrogens with one attached hydrogen (secondary N) is 1. The molecular weight excluding hydrogens is 466 g/mol. The van der Waals surface area contributed by atoms with Gasteiger partial charge in [-0.2, -0.15) is 0 Å². The van der Waals surface area contributed by atoms with E-state index in [4.69, 9.17) is 9.47 Å². The van der Waals surface area contributed by atoms with Gasteiger partial charge in [0.1, 0.15) is 17.4 Å². The summed E-state index contributed by atoms with van der Waals surface area (Å²) in [6, 6.07) is 14.8. The van der Waals surface area contributed by atoms with Crippen molar-refractivity contribution in [2.45, 2.75) is 33.3 Å². The molecule has 1 N–H and O–H groups in total.